The Hall–Kier alpha value is -0.890. The maximum Gasteiger partial charge on any atom is 0.244 e. The van der Waals surface area contributed by atoms with Crippen molar-refractivity contribution in [1.82, 2.24) is 14.9 Å². The van der Waals surface area contributed by atoms with E-state index in [-0.39, 0.29) is 4.90 Å². The molecule has 7 heteroatoms. The van der Waals surface area contributed by atoms with E-state index >= 15 is 0 Å². The van der Waals surface area contributed by atoms with Crippen LogP contribution in [-0.4, -0.2) is 46.5 Å². The molecule has 1 heterocycles. The molecule has 0 aliphatic heterocycles. The van der Waals surface area contributed by atoms with Gasteiger partial charge in [0.25, 0.3) is 0 Å². The lowest BCUT2D eigenvalue weighted by Gasteiger charge is -2.18. The van der Waals surface area contributed by atoms with Crippen molar-refractivity contribution in [2.45, 2.75) is 39.1 Å². The molecule has 122 valence electrons. The van der Waals surface area contributed by atoms with Crippen LogP contribution in [0.5, 0.6) is 0 Å². The summed E-state index contributed by atoms with van der Waals surface area (Å²) in [5.74, 6) is 1.08. The molecule has 1 rings (SSSR count). The average Bonchev–Trinajstić information content (AvgIpc) is 2.70. The third-order valence-corrected chi connectivity index (χ3v) is 5.22. The summed E-state index contributed by atoms with van der Waals surface area (Å²) in [6, 6.07) is 0. The summed E-state index contributed by atoms with van der Waals surface area (Å²) in [6.07, 6.45) is 0. The maximum absolute atomic E-state index is 12.5. The number of aryl methyl sites for hydroxylation is 2. The van der Waals surface area contributed by atoms with Crippen molar-refractivity contribution in [2.24, 2.45) is 0 Å². The van der Waals surface area contributed by atoms with Gasteiger partial charge in [0.05, 0.1) is 0 Å². The molecule has 0 spiro atoms. The molecule has 0 amide bonds. The molecule has 1 aromatic rings. The summed E-state index contributed by atoms with van der Waals surface area (Å²) in [6.45, 7) is 11.0. The second-order valence-electron chi connectivity index (χ2n) is 4.98. The number of hydrogen-bond donors (Lipinski definition) is 2. The van der Waals surface area contributed by atoms with Crippen molar-refractivity contribution in [3.05, 3.63) is 17.1 Å². The molecule has 21 heavy (non-hydrogen) atoms. The second kappa shape index (κ2) is 7.93. The molecule has 1 aromatic heterocycles. The van der Waals surface area contributed by atoms with Gasteiger partial charge in [-0.3, -0.25) is 0 Å². The molecular weight excluding hydrogens is 290 g/mol. The summed E-state index contributed by atoms with van der Waals surface area (Å²) in [7, 11) is -1.76. The van der Waals surface area contributed by atoms with Crippen LogP contribution in [0.1, 0.15) is 30.9 Å². The van der Waals surface area contributed by atoms with Gasteiger partial charge < -0.3 is 14.6 Å². The Morgan fingerprint density at radius 1 is 1.14 bits per heavy atom. The molecule has 0 saturated carbocycles. The second-order valence-corrected chi connectivity index (χ2v) is 6.68. The molecule has 0 aromatic carbocycles. The molecule has 0 aliphatic carbocycles. The van der Waals surface area contributed by atoms with Crippen LogP contribution in [0, 0.1) is 13.8 Å². The van der Waals surface area contributed by atoms with Gasteiger partial charge in [-0.05, 0) is 34.0 Å². The lowest BCUT2D eigenvalue weighted by Crippen LogP contribution is -2.35. The van der Waals surface area contributed by atoms with Gasteiger partial charge in [0.1, 0.15) is 16.4 Å². The highest BCUT2D eigenvalue weighted by Gasteiger charge is 2.26. The largest absolute Gasteiger partial charge is 0.465 e. The van der Waals surface area contributed by atoms with Crippen molar-refractivity contribution in [1.29, 1.82) is 0 Å². The van der Waals surface area contributed by atoms with E-state index in [9.17, 15) is 8.42 Å². The van der Waals surface area contributed by atoms with Crippen LogP contribution in [0.25, 0.3) is 0 Å². The summed E-state index contributed by atoms with van der Waals surface area (Å²) in [4.78, 5) is 2.44. The van der Waals surface area contributed by atoms with Crippen molar-refractivity contribution in [3.63, 3.8) is 0 Å². The predicted molar refractivity (Wildman–Crippen MR) is 83.9 cm³/mol. The van der Waals surface area contributed by atoms with E-state index in [0.717, 1.165) is 13.1 Å². The summed E-state index contributed by atoms with van der Waals surface area (Å²) < 4.78 is 33.2. The first-order chi connectivity index (χ1) is 9.87. The van der Waals surface area contributed by atoms with E-state index in [4.69, 9.17) is 4.42 Å². The highest BCUT2D eigenvalue weighted by molar-refractivity contribution is 7.89. The van der Waals surface area contributed by atoms with Crippen molar-refractivity contribution >= 4 is 10.0 Å². The average molecular weight is 317 g/mol. The van der Waals surface area contributed by atoms with Gasteiger partial charge in [-0.2, -0.15) is 0 Å². The maximum atomic E-state index is 12.5. The number of rotatable bonds is 9. The first kappa shape index (κ1) is 18.2. The van der Waals surface area contributed by atoms with E-state index in [1.807, 2.05) is 0 Å². The Morgan fingerprint density at radius 3 is 2.29 bits per heavy atom. The van der Waals surface area contributed by atoms with Crippen LogP contribution in [0.15, 0.2) is 9.31 Å². The number of furan rings is 1. The fourth-order valence-corrected chi connectivity index (χ4v) is 3.86. The van der Waals surface area contributed by atoms with Crippen molar-refractivity contribution in [3.8, 4) is 0 Å². The lowest BCUT2D eigenvalue weighted by atomic mass is 10.2. The molecule has 0 atom stereocenters. The third-order valence-electron chi connectivity index (χ3n) is 3.56. The Balaban J connectivity index is 2.88. The number of nitrogens with one attached hydrogen (secondary N) is 2. The van der Waals surface area contributed by atoms with Crippen molar-refractivity contribution < 1.29 is 12.8 Å². The van der Waals surface area contributed by atoms with Crippen LogP contribution in [0.3, 0.4) is 0 Å². The Labute approximate surface area is 127 Å². The van der Waals surface area contributed by atoms with Crippen molar-refractivity contribution in [2.75, 3.05) is 33.2 Å². The Morgan fingerprint density at radius 2 is 1.76 bits per heavy atom. The van der Waals surface area contributed by atoms with E-state index in [1.54, 1.807) is 20.9 Å². The monoisotopic (exact) mass is 317 g/mol. The molecule has 0 fully saturated rings. The predicted octanol–water partition coefficient (Wildman–Crippen LogP) is 1.24. The zero-order valence-electron chi connectivity index (χ0n) is 13.6. The van der Waals surface area contributed by atoms with Crippen LogP contribution in [0.2, 0.25) is 0 Å². The first-order valence-electron chi connectivity index (χ1n) is 7.32. The van der Waals surface area contributed by atoms with Gasteiger partial charge in [0, 0.05) is 25.2 Å². The smallest absolute Gasteiger partial charge is 0.244 e. The van der Waals surface area contributed by atoms with E-state index in [2.05, 4.69) is 28.8 Å². The fraction of sp³-hybridized carbons (Fsp3) is 0.714. The standard InChI is InChI=1S/C14H27N3O3S/c1-6-17(7-2)9-8-16-21(18,19)14-12(4)20-11(3)13(14)10-15-5/h15-16H,6-10H2,1-5H3. The topological polar surface area (TPSA) is 74.6 Å². The van der Waals surface area contributed by atoms with Gasteiger partial charge in [-0.25, -0.2) is 13.1 Å². The lowest BCUT2D eigenvalue weighted by molar-refractivity contribution is 0.309. The van der Waals surface area contributed by atoms with Gasteiger partial charge in [-0.1, -0.05) is 13.8 Å². The van der Waals surface area contributed by atoms with E-state index in [1.165, 1.54) is 0 Å². The number of likely N-dealkylation sites (N-methyl/N-ethyl adjacent to an activating group) is 1. The molecular formula is C14H27N3O3S. The summed E-state index contributed by atoms with van der Waals surface area (Å²) >= 11 is 0. The Bertz CT molecular complexity index is 548. The minimum absolute atomic E-state index is 0.272. The molecule has 6 nitrogen and oxygen atoms in total. The first-order valence-corrected chi connectivity index (χ1v) is 8.81. The van der Waals surface area contributed by atoms with Crippen LogP contribution in [0.4, 0.5) is 0 Å². The minimum atomic E-state index is -3.55. The molecule has 0 unspecified atom stereocenters. The number of hydrogen-bond acceptors (Lipinski definition) is 5. The third kappa shape index (κ3) is 4.54. The zero-order valence-corrected chi connectivity index (χ0v) is 14.4. The van der Waals surface area contributed by atoms with E-state index in [0.29, 0.717) is 36.7 Å². The molecule has 0 radical (unpaired) electrons. The quantitative estimate of drug-likeness (QED) is 0.717. The van der Waals surface area contributed by atoms with Gasteiger partial charge in [0.15, 0.2) is 0 Å². The SMILES string of the molecule is CCN(CC)CCNS(=O)(=O)c1c(C)oc(C)c1CNC. The minimum Gasteiger partial charge on any atom is -0.465 e. The van der Waals surface area contributed by atoms with E-state index < -0.39 is 10.0 Å². The van der Waals surface area contributed by atoms with Crippen LogP contribution >= 0.6 is 0 Å². The Kier molecular flexibility index (Phi) is 6.86. The highest BCUT2D eigenvalue weighted by atomic mass is 32.2. The number of sulfonamides is 1. The fourth-order valence-electron chi connectivity index (χ4n) is 2.39. The zero-order chi connectivity index (χ0) is 16.0. The summed E-state index contributed by atoms with van der Waals surface area (Å²) in [5, 5.41) is 2.98. The molecule has 0 saturated heterocycles. The van der Waals surface area contributed by atoms with Crippen LogP contribution < -0.4 is 10.0 Å². The normalized spacial score (nSPS) is 12.3. The van der Waals surface area contributed by atoms with Crippen LogP contribution in [-0.2, 0) is 16.6 Å². The number of nitrogens with zero attached hydrogens (tertiary/aromatic N) is 1. The van der Waals surface area contributed by atoms with Gasteiger partial charge in [-0.15, -0.1) is 0 Å². The molecule has 0 aliphatic rings. The van der Waals surface area contributed by atoms with Gasteiger partial charge in [0.2, 0.25) is 10.0 Å². The molecule has 2 N–H and O–H groups in total. The highest BCUT2D eigenvalue weighted by Crippen LogP contribution is 2.26. The molecule has 0 bridgehead atoms. The van der Waals surface area contributed by atoms with Gasteiger partial charge >= 0.3 is 0 Å². The summed E-state index contributed by atoms with van der Waals surface area (Å²) in [5.41, 5.74) is 0.699.